The zero-order valence-electron chi connectivity index (χ0n) is 23.9. The average Bonchev–Trinajstić information content (AvgIpc) is 3.02. The Balaban J connectivity index is 1.48. The van der Waals surface area contributed by atoms with Crippen molar-refractivity contribution in [3.05, 3.63) is 154 Å². The second-order valence-electron chi connectivity index (χ2n) is 12.9. The van der Waals surface area contributed by atoms with Crippen LogP contribution in [0.25, 0.3) is 31.3 Å². The lowest BCUT2D eigenvalue weighted by molar-refractivity contribution is -0.0691. The molecule has 216 valence electrons. The highest BCUT2D eigenvalue weighted by Crippen LogP contribution is 2.74. The molecule has 0 heterocycles. The first kappa shape index (κ1) is 28.3. The smallest absolute Gasteiger partial charge is 0.0375 e. The summed E-state index contributed by atoms with van der Waals surface area (Å²) in [5.41, 5.74) is 33.6. The second-order valence-corrected chi connectivity index (χ2v) is 14.1. The van der Waals surface area contributed by atoms with Gasteiger partial charge in [0.05, 0.1) is 0 Å². The van der Waals surface area contributed by atoms with E-state index < -0.39 is 0 Å². The number of nitrogens with zero attached hydrogens (tertiary/aromatic N) is 9. The van der Waals surface area contributed by atoms with E-state index >= 15 is 0 Å². The van der Waals surface area contributed by atoms with Gasteiger partial charge >= 0.3 is 0 Å². The van der Waals surface area contributed by atoms with Crippen LogP contribution >= 0.6 is 22.6 Å². The summed E-state index contributed by atoms with van der Waals surface area (Å²) < 4.78 is 1.21. The number of hydrogen-bond donors (Lipinski definition) is 0. The summed E-state index contributed by atoms with van der Waals surface area (Å²) in [6.45, 7) is 0. The van der Waals surface area contributed by atoms with Crippen LogP contribution in [0.5, 0.6) is 0 Å². The molecule has 8 rings (SSSR count). The molecule has 10 heteroatoms. The maximum atomic E-state index is 9.03. The van der Waals surface area contributed by atoms with Gasteiger partial charge in [-0.2, -0.15) is 0 Å². The van der Waals surface area contributed by atoms with Crippen molar-refractivity contribution in [2.45, 2.75) is 60.2 Å². The van der Waals surface area contributed by atoms with Gasteiger partial charge in [0.15, 0.2) is 0 Å². The van der Waals surface area contributed by atoms with Crippen LogP contribution in [0.1, 0.15) is 60.8 Å². The lowest BCUT2D eigenvalue weighted by atomic mass is 9.32. The summed E-state index contributed by atoms with van der Waals surface area (Å²) in [4.78, 5) is 8.98. The molecule has 4 saturated carbocycles. The summed E-state index contributed by atoms with van der Waals surface area (Å²) in [7, 11) is 0. The van der Waals surface area contributed by atoms with Crippen molar-refractivity contribution in [2.75, 3.05) is 0 Å². The van der Waals surface area contributed by atoms with E-state index in [1.54, 1.807) is 0 Å². The molecule has 0 N–H and O–H groups in total. The fourth-order valence-corrected chi connectivity index (χ4v) is 9.82. The molecule has 0 aliphatic heterocycles. The normalized spacial score (nSPS) is 27.9. The van der Waals surface area contributed by atoms with Crippen LogP contribution in [-0.4, -0.2) is 0 Å². The molecule has 4 fully saturated rings. The highest BCUT2D eigenvalue weighted by molar-refractivity contribution is 14.1. The van der Waals surface area contributed by atoms with E-state index in [0.29, 0.717) is 17.1 Å². The van der Waals surface area contributed by atoms with Crippen molar-refractivity contribution in [1.82, 2.24) is 0 Å². The van der Waals surface area contributed by atoms with Gasteiger partial charge in [-0.25, -0.2) is 0 Å². The van der Waals surface area contributed by atoms with Crippen molar-refractivity contribution in [3.8, 4) is 0 Å². The molecule has 4 aliphatic rings. The number of halogens is 1. The molecule has 44 heavy (non-hydrogen) atoms. The minimum atomic E-state index is -0.139. The van der Waals surface area contributed by atoms with Crippen LogP contribution < -0.4 is 0 Å². The maximum absolute atomic E-state index is 9.03. The predicted octanol–water partition coefficient (Wildman–Crippen LogP) is 11.5. The van der Waals surface area contributed by atoms with Gasteiger partial charge in [-0.05, 0) is 134 Å². The first-order valence-corrected chi connectivity index (χ1v) is 15.7. The Morgan fingerprint density at radius 2 is 0.636 bits per heavy atom. The van der Waals surface area contributed by atoms with E-state index in [1.807, 2.05) is 36.4 Å². The van der Waals surface area contributed by atoms with E-state index in [0.717, 1.165) is 38.5 Å². The molecule has 4 aromatic carbocycles. The van der Waals surface area contributed by atoms with Gasteiger partial charge in [-0.15, -0.1) is 0 Å². The quantitative estimate of drug-likeness (QED) is 0.0786. The van der Waals surface area contributed by atoms with Gasteiger partial charge in [0.2, 0.25) is 0 Å². The number of hydrogen-bond acceptors (Lipinski definition) is 3. The summed E-state index contributed by atoms with van der Waals surface area (Å²) in [5, 5.41) is 11.5. The molecule has 4 aliphatic carbocycles. The van der Waals surface area contributed by atoms with Crippen molar-refractivity contribution >= 4 is 39.7 Å². The molecule has 0 saturated heterocycles. The van der Waals surface area contributed by atoms with Gasteiger partial charge in [0, 0.05) is 35.4 Å². The molecule has 0 radical (unpaired) electrons. The first-order chi connectivity index (χ1) is 21.4. The third-order valence-corrected chi connectivity index (χ3v) is 11.2. The summed E-state index contributed by atoms with van der Waals surface area (Å²) >= 11 is 2.38. The van der Waals surface area contributed by atoms with E-state index in [2.05, 4.69) is 113 Å². The van der Waals surface area contributed by atoms with Gasteiger partial charge < -0.3 is 0 Å². The van der Waals surface area contributed by atoms with E-state index in [1.165, 1.54) is 25.8 Å². The van der Waals surface area contributed by atoms with Crippen molar-refractivity contribution in [3.63, 3.8) is 0 Å². The third-order valence-electron chi connectivity index (χ3n) is 10.4. The Hall–Kier alpha value is -4.46. The van der Waals surface area contributed by atoms with E-state index in [-0.39, 0.29) is 21.7 Å². The van der Waals surface area contributed by atoms with Crippen molar-refractivity contribution in [2.24, 2.45) is 15.3 Å². The molecule has 0 atom stereocenters. The number of benzene rings is 4. The zero-order chi connectivity index (χ0) is 30.4. The zero-order valence-corrected chi connectivity index (χ0v) is 26.0. The first-order valence-electron chi connectivity index (χ1n) is 14.6. The van der Waals surface area contributed by atoms with Gasteiger partial charge in [-0.1, -0.05) is 100 Å². The lowest BCUT2D eigenvalue weighted by Gasteiger charge is -2.71. The van der Waals surface area contributed by atoms with Crippen LogP contribution in [0.2, 0.25) is 0 Å². The SMILES string of the molecule is [N-]=[N+]=Nc1ccc(C23CC4(c5ccc(I)cc5)CC(c5ccc(N=[N+]=[N-])cc5)(C2)CC(c2ccc(N=[N+]=[N-])cc2)(C4)C3)cc1. The topological polar surface area (TPSA) is 146 Å². The predicted molar refractivity (Wildman–Crippen MR) is 179 cm³/mol. The Morgan fingerprint density at radius 3 is 0.864 bits per heavy atom. The standard InChI is InChI=1S/C34H28IN9/c35-27-9-1-23(2-10-27)31-17-32(24-3-11-28(12-4-24)39-42-36)20-33(18-31,25-5-13-29(14-6-25)40-43-37)22-34(19-31,21-32)26-7-15-30(16-8-26)41-44-38/h1-16H,17-22H2. The Kier molecular flexibility index (Phi) is 6.83. The van der Waals surface area contributed by atoms with Crippen LogP contribution in [0, 0.1) is 3.57 Å². The van der Waals surface area contributed by atoms with Crippen molar-refractivity contribution in [1.29, 1.82) is 0 Å². The van der Waals surface area contributed by atoms with Crippen LogP contribution in [-0.2, 0) is 21.7 Å². The van der Waals surface area contributed by atoms with Gasteiger partial charge in [0.1, 0.15) is 0 Å². The molecular weight excluding hydrogens is 661 g/mol. The maximum Gasteiger partial charge on any atom is 0.0375 e. The highest BCUT2D eigenvalue weighted by atomic mass is 127. The summed E-state index contributed by atoms with van der Waals surface area (Å²) in [5.74, 6) is 0. The van der Waals surface area contributed by atoms with Crippen LogP contribution in [0.15, 0.2) is 112 Å². The minimum absolute atomic E-state index is 0.0878. The van der Waals surface area contributed by atoms with Gasteiger partial charge in [-0.3, -0.25) is 0 Å². The fraction of sp³-hybridized carbons (Fsp3) is 0.294. The second kappa shape index (κ2) is 10.6. The molecular formula is C34H28IN9. The third kappa shape index (κ3) is 4.59. The Bertz CT molecular complexity index is 1690. The Morgan fingerprint density at radius 1 is 0.409 bits per heavy atom. The average molecular weight is 690 g/mol. The van der Waals surface area contributed by atoms with Crippen molar-refractivity contribution < 1.29 is 0 Å². The molecule has 4 bridgehead atoms. The monoisotopic (exact) mass is 689 g/mol. The number of rotatable bonds is 7. The minimum Gasteiger partial charge on any atom is -0.0608 e. The largest absolute Gasteiger partial charge is 0.0608 e. The Labute approximate surface area is 268 Å². The van der Waals surface area contributed by atoms with E-state index in [4.69, 9.17) is 16.6 Å². The molecule has 4 aromatic rings. The number of azide groups is 3. The fourth-order valence-electron chi connectivity index (χ4n) is 9.46. The summed E-state index contributed by atoms with van der Waals surface area (Å²) in [6, 6.07) is 33.7. The van der Waals surface area contributed by atoms with Gasteiger partial charge in [0.25, 0.3) is 0 Å². The lowest BCUT2D eigenvalue weighted by Crippen LogP contribution is -2.67. The summed E-state index contributed by atoms with van der Waals surface area (Å²) in [6.07, 6.45) is 6.06. The molecule has 0 aromatic heterocycles. The van der Waals surface area contributed by atoms with E-state index in [9.17, 15) is 0 Å². The molecule has 9 nitrogen and oxygen atoms in total. The molecule has 0 spiro atoms. The van der Waals surface area contributed by atoms with Crippen LogP contribution in [0.3, 0.4) is 0 Å². The molecule has 0 unspecified atom stereocenters. The highest BCUT2D eigenvalue weighted by Gasteiger charge is 2.69. The van der Waals surface area contributed by atoms with Crippen LogP contribution in [0.4, 0.5) is 17.1 Å². The molecule has 0 amide bonds.